The number of aromatic nitrogens is 2. The number of nitrogens with zero attached hydrogens (tertiary/aromatic N) is 2. The van der Waals surface area contributed by atoms with Crippen LogP contribution in [0, 0.1) is 6.92 Å². The highest BCUT2D eigenvalue weighted by Crippen LogP contribution is 2.12. The maximum absolute atomic E-state index is 11.8. The predicted octanol–water partition coefficient (Wildman–Crippen LogP) is 2.55. The molecule has 0 saturated carbocycles. The number of aryl methyl sites for hydroxylation is 1. The van der Waals surface area contributed by atoms with Crippen molar-refractivity contribution >= 4 is 12.0 Å². The number of carbonyl (C=O) groups is 1. The van der Waals surface area contributed by atoms with Crippen LogP contribution in [0.3, 0.4) is 0 Å². The normalized spacial score (nSPS) is 10.8. The summed E-state index contributed by atoms with van der Waals surface area (Å²) >= 11 is 0. The molecule has 2 aromatic rings. The molecule has 0 bridgehead atoms. The number of rotatable bonds is 3. The van der Waals surface area contributed by atoms with E-state index in [-0.39, 0.29) is 5.91 Å². The van der Waals surface area contributed by atoms with Crippen LogP contribution in [-0.4, -0.2) is 22.6 Å². The second-order valence-corrected chi connectivity index (χ2v) is 3.79. The average Bonchev–Trinajstić information content (AvgIpc) is 2.83. The van der Waals surface area contributed by atoms with Crippen LogP contribution >= 0.6 is 0 Å². The van der Waals surface area contributed by atoms with Gasteiger partial charge >= 0.3 is 0 Å². The van der Waals surface area contributed by atoms with Gasteiger partial charge in [-0.25, -0.2) is 4.98 Å². The molecule has 0 spiro atoms. The summed E-state index contributed by atoms with van der Waals surface area (Å²) in [6.07, 6.45) is 6.54. The van der Waals surface area contributed by atoms with Crippen LogP contribution in [0.2, 0.25) is 0 Å². The standard InChI is InChI=1S/C14H14N2O2/c1-11-15-9-10-16(11)14(17)8-5-12-3-6-13(18-2)7-4-12/h3-10H,1-2H3/b8-5+. The van der Waals surface area contributed by atoms with Gasteiger partial charge in [0.25, 0.3) is 5.91 Å². The molecule has 0 N–H and O–H groups in total. The molecule has 1 heterocycles. The molecular formula is C14H14N2O2. The number of methoxy groups -OCH3 is 1. The van der Waals surface area contributed by atoms with Gasteiger partial charge in [0.15, 0.2) is 0 Å². The molecule has 18 heavy (non-hydrogen) atoms. The molecule has 0 radical (unpaired) electrons. The number of hydrogen-bond donors (Lipinski definition) is 0. The Morgan fingerprint density at radius 2 is 2.06 bits per heavy atom. The third kappa shape index (κ3) is 2.66. The molecule has 1 aromatic heterocycles. The minimum absolute atomic E-state index is 0.110. The summed E-state index contributed by atoms with van der Waals surface area (Å²) in [5.74, 6) is 1.36. The predicted molar refractivity (Wildman–Crippen MR) is 69.6 cm³/mol. The third-order valence-corrected chi connectivity index (χ3v) is 2.60. The van der Waals surface area contributed by atoms with E-state index in [1.165, 1.54) is 10.6 Å². The molecule has 0 aliphatic heterocycles. The molecule has 2 rings (SSSR count). The average molecular weight is 242 g/mol. The summed E-state index contributed by atoms with van der Waals surface area (Å²) in [6, 6.07) is 7.49. The van der Waals surface area contributed by atoms with Crippen LogP contribution < -0.4 is 4.74 Å². The van der Waals surface area contributed by atoms with E-state index in [0.717, 1.165) is 11.3 Å². The summed E-state index contributed by atoms with van der Waals surface area (Å²) < 4.78 is 6.57. The van der Waals surface area contributed by atoms with Crippen LogP contribution in [0.25, 0.3) is 6.08 Å². The Balaban J connectivity index is 2.11. The molecule has 0 saturated heterocycles. The lowest BCUT2D eigenvalue weighted by molar-refractivity contribution is 0.0967. The van der Waals surface area contributed by atoms with Crippen LogP contribution in [0.4, 0.5) is 0 Å². The Morgan fingerprint density at radius 1 is 1.33 bits per heavy atom. The van der Waals surface area contributed by atoms with E-state index in [1.807, 2.05) is 24.3 Å². The topological polar surface area (TPSA) is 44.1 Å². The Bertz CT molecular complexity index is 568. The second kappa shape index (κ2) is 5.31. The minimum atomic E-state index is -0.110. The molecule has 0 unspecified atom stereocenters. The first-order valence-electron chi connectivity index (χ1n) is 5.57. The number of hydrogen-bond acceptors (Lipinski definition) is 3. The van der Waals surface area contributed by atoms with Gasteiger partial charge in [0.05, 0.1) is 7.11 Å². The quantitative estimate of drug-likeness (QED) is 0.777. The van der Waals surface area contributed by atoms with Gasteiger partial charge in [0.1, 0.15) is 11.6 Å². The number of allylic oxidation sites excluding steroid dienone is 1. The fraction of sp³-hybridized carbons (Fsp3) is 0.143. The van der Waals surface area contributed by atoms with Crippen molar-refractivity contribution in [3.8, 4) is 5.75 Å². The summed E-state index contributed by atoms with van der Waals surface area (Å²) in [4.78, 5) is 15.8. The van der Waals surface area contributed by atoms with E-state index in [4.69, 9.17) is 4.74 Å². The Morgan fingerprint density at radius 3 is 2.61 bits per heavy atom. The van der Waals surface area contributed by atoms with E-state index in [1.54, 1.807) is 32.5 Å². The van der Waals surface area contributed by atoms with Gasteiger partial charge in [-0.2, -0.15) is 0 Å². The third-order valence-electron chi connectivity index (χ3n) is 2.60. The highest BCUT2D eigenvalue weighted by Gasteiger charge is 2.02. The molecule has 0 amide bonds. The maximum atomic E-state index is 11.8. The van der Waals surface area contributed by atoms with E-state index in [2.05, 4.69) is 4.98 Å². The minimum Gasteiger partial charge on any atom is -0.497 e. The van der Waals surface area contributed by atoms with Crippen molar-refractivity contribution < 1.29 is 9.53 Å². The molecule has 92 valence electrons. The van der Waals surface area contributed by atoms with E-state index in [0.29, 0.717) is 5.82 Å². The van der Waals surface area contributed by atoms with Crippen molar-refractivity contribution in [3.63, 3.8) is 0 Å². The molecular weight excluding hydrogens is 228 g/mol. The van der Waals surface area contributed by atoms with Gasteiger partial charge in [-0.05, 0) is 30.7 Å². The number of ether oxygens (including phenoxy) is 1. The first-order valence-corrected chi connectivity index (χ1v) is 5.57. The molecule has 1 aromatic carbocycles. The van der Waals surface area contributed by atoms with Crippen molar-refractivity contribution in [3.05, 3.63) is 54.1 Å². The number of carbonyl (C=O) groups excluding carboxylic acids is 1. The summed E-state index contributed by atoms with van der Waals surface area (Å²) in [7, 11) is 1.62. The van der Waals surface area contributed by atoms with Gasteiger partial charge in [0, 0.05) is 18.5 Å². The molecule has 4 heteroatoms. The highest BCUT2D eigenvalue weighted by atomic mass is 16.5. The lowest BCUT2D eigenvalue weighted by Crippen LogP contribution is -2.07. The van der Waals surface area contributed by atoms with Crippen LogP contribution in [-0.2, 0) is 0 Å². The summed E-state index contributed by atoms with van der Waals surface area (Å²) in [5.41, 5.74) is 0.946. The molecule has 0 aliphatic carbocycles. The fourth-order valence-corrected chi connectivity index (χ4v) is 1.57. The van der Waals surface area contributed by atoms with Gasteiger partial charge in [0.2, 0.25) is 0 Å². The highest BCUT2D eigenvalue weighted by molar-refractivity contribution is 5.93. The molecule has 0 atom stereocenters. The summed E-state index contributed by atoms with van der Waals surface area (Å²) in [5, 5.41) is 0. The molecule has 0 aliphatic rings. The van der Waals surface area contributed by atoms with Crippen molar-refractivity contribution in [2.45, 2.75) is 6.92 Å². The van der Waals surface area contributed by atoms with Crippen LogP contribution in [0.1, 0.15) is 16.2 Å². The smallest absolute Gasteiger partial charge is 0.256 e. The zero-order valence-corrected chi connectivity index (χ0v) is 10.3. The zero-order chi connectivity index (χ0) is 13.0. The van der Waals surface area contributed by atoms with Crippen molar-refractivity contribution in [1.29, 1.82) is 0 Å². The van der Waals surface area contributed by atoms with Crippen LogP contribution in [0.5, 0.6) is 5.75 Å². The first kappa shape index (κ1) is 12.1. The Labute approximate surface area is 106 Å². The number of imidazole rings is 1. The van der Waals surface area contributed by atoms with Crippen LogP contribution in [0.15, 0.2) is 42.7 Å². The molecule has 4 nitrogen and oxygen atoms in total. The Hall–Kier alpha value is -2.36. The lowest BCUT2D eigenvalue weighted by Gasteiger charge is -2.00. The number of benzene rings is 1. The maximum Gasteiger partial charge on any atom is 0.256 e. The van der Waals surface area contributed by atoms with Gasteiger partial charge in [-0.1, -0.05) is 12.1 Å². The zero-order valence-electron chi connectivity index (χ0n) is 10.3. The molecule has 0 fully saturated rings. The van der Waals surface area contributed by atoms with E-state index < -0.39 is 0 Å². The lowest BCUT2D eigenvalue weighted by atomic mass is 10.2. The summed E-state index contributed by atoms with van der Waals surface area (Å²) in [6.45, 7) is 1.79. The Kier molecular flexibility index (Phi) is 3.57. The van der Waals surface area contributed by atoms with E-state index in [9.17, 15) is 4.79 Å². The largest absolute Gasteiger partial charge is 0.497 e. The van der Waals surface area contributed by atoms with E-state index >= 15 is 0 Å². The van der Waals surface area contributed by atoms with Gasteiger partial charge in [-0.15, -0.1) is 0 Å². The van der Waals surface area contributed by atoms with Crippen molar-refractivity contribution in [1.82, 2.24) is 9.55 Å². The monoisotopic (exact) mass is 242 g/mol. The SMILES string of the molecule is COc1ccc(/C=C/C(=O)n2ccnc2C)cc1. The first-order chi connectivity index (χ1) is 8.70. The van der Waals surface area contributed by atoms with Gasteiger partial charge < -0.3 is 4.74 Å². The fourth-order valence-electron chi connectivity index (χ4n) is 1.57. The second-order valence-electron chi connectivity index (χ2n) is 3.79. The van der Waals surface area contributed by atoms with Gasteiger partial charge in [-0.3, -0.25) is 9.36 Å². The van der Waals surface area contributed by atoms with Crippen molar-refractivity contribution in [2.75, 3.05) is 7.11 Å². The van der Waals surface area contributed by atoms with Crippen molar-refractivity contribution in [2.24, 2.45) is 0 Å².